The minimum atomic E-state index is -1.19. The van der Waals surface area contributed by atoms with Gasteiger partial charge in [-0.25, -0.2) is 0 Å². The molecule has 0 rings (SSSR count). The highest BCUT2D eigenvalue weighted by molar-refractivity contribution is 7.80. The lowest BCUT2D eigenvalue weighted by Gasteiger charge is -2.17. The predicted molar refractivity (Wildman–Crippen MR) is 59.0 cm³/mol. The molecule has 1 unspecified atom stereocenters. The fourth-order valence-corrected chi connectivity index (χ4v) is 1.57. The van der Waals surface area contributed by atoms with E-state index in [1.807, 2.05) is 13.8 Å². The lowest BCUT2D eigenvalue weighted by atomic mass is 9.91. The van der Waals surface area contributed by atoms with Crippen LogP contribution in [0.2, 0.25) is 0 Å². The zero-order valence-corrected chi connectivity index (χ0v) is 9.46. The Morgan fingerprint density at radius 1 is 1.36 bits per heavy atom. The van der Waals surface area contributed by atoms with Crippen LogP contribution in [0, 0.1) is 11.8 Å². The second kappa shape index (κ2) is 6.03. The van der Waals surface area contributed by atoms with Gasteiger partial charge in [0, 0.05) is 11.7 Å². The Balaban J connectivity index is 4.38. The van der Waals surface area contributed by atoms with E-state index in [2.05, 4.69) is 12.6 Å². The van der Waals surface area contributed by atoms with Crippen LogP contribution in [0.3, 0.4) is 0 Å². The third-order valence-electron chi connectivity index (χ3n) is 1.99. The molecule has 5 heteroatoms. The molecule has 0 aliphatic carbocycles. The quantitative estimate of drug-likeness (QED) is 0.432. The zero-order valence-electron chi connectivity index (χ0n) is 8.56. The summed E-state index contributed by atoms with van der Waals surface area (Å²) in [6, 6.07) is -1.19. The van der Waals surface area contributed by atoms with Crippen molar-refractivity contribution in [3.8, 4) is 0 Å². The summed E-state index contributed by atoms with van der Waals surface area (Å²) in [6.07, 6.45) is 0.684. The number of ketones is 1. The average Bonchev–Trinajstić information content (AvgIpc) is 2.11. The Hall–Kier alpha value is -0.550. The number of amides is 1. The van der Waals surface area contributed by atoms with Crippen molar-refractivity contribution < 1.29 is 9.59 Å². The molecule has 0 saturated heterocycles. The third-order valence-corrected chi connectivity index (χ3v) is 2.43. The van der Waals surface area contributed by atoms with E-state index in [9.17, 15) is 9.59 Å². The molecule has 0 aromatic rings. The summed E-state index contributed by atoms with van der Waals surface area (Å²) >= 11 is 4.06. The molecular formula is C9H18N2O2S. The summed E-state index contributed by atoms with van der Waals surface area (Å²) in [7, 11) is 0. The molecule has 0 fully saturated rings. The number of rotatable bonds is 6. The van der Waals surface area contributed by atoms with Crippen molar-refractivity contribution in [3.05, 3.63) is 0 Å². The molecule has 4 nitrogen and oxygen atoms in total. The van der Waals surface area contributed by atoms with Crippen molar-refractivity contribution in [1.29, 1.82) is 0 Å². The number of hydrogen-bond acceptors (Lipinski definition) is 4. The number of thiol groups is 1. The van der Waals surface area contributed by atoms with Crippen LogP contribution < -0.4 is 11.5 Å². The Labute approximate surface area is 89.8 Å². The van der Waals surface area contributed by atoms with E-state index in [0.717, 1.165) is 0 Å². The normalized spacial score (nSPS) is 15.2. The zero-order chi connectivity index (χ0) is 11.3. The lowest BCUT2D eigenvalue weighted by molar-refractivity contribution is -0.130. The van der Waals surface area contributed by atoms with Crippen molar-refractivity contribution in [2.45, 2.75) is 26.3 Å². The largest absolute Gasteiger partial charge is 0.368 e. The minimum absolute atomic E-state index is 0.277. The molecule has 0 heterocycles. The molecule has 1 amide bonds. The molecule has 82 valence electrons. The number of hydrogen-bond donors (Lipinski definition) is 3. The molecule has 0 aromatic carbocycles. The smallest absolute Gasteiger partial charge is 0.242 e. The lowest BCUT2D eigenvalue weighted by Crippen LogP contribution is -2.46. The number of carbonyl (C=O) groups is 2. The summed E-state index contributed by atoms with van der Waals surface area (Å²) in [6.45, 7) is 4.00. The molecular weight excluding hydrogens is 200 g/mol. The van der Waals surface area contributed by atoms with Crippen LogP contribution in [0.5, 0.6) is 0 Å². The first kappa shape index (κ1) is 13.4. The van der Waals surface area contributed by atoms with Crippen LogP contribution in [0.1, 0.15) is 20.3 Å². The Morgan fingerprint density at radius 3 is 2.14 bits per heavy atom. The monoisotopic (exact) mass is 218 g/mol. The van der Waals surface area contributed by atoms with Gasteiger partial charge in [0.2, 0.25) is 5.91 Å². The molecule has 0 radical (unpaired) electrons. The van der Waals surface area contributed by atoms with E-state index < -0.39 is 11.9 Å². The van der Waals surface area contributed by atoms with Crippen LogP contribution in [0.4, 0.5) is 0 Å². The van der Waals surface area contributed by atoms with Gasteiger partial charge in [-0.3, -0.25) is 9.59 Å². The summed E-state index contributed by atoms with van der Waals surface area (Å²) < 4.78 is 0. The fourth-order valence-electron chi connectivity index (χ4n) is 1.24. The Morgan fingerprint density at radius 2 is 1.86 bits per heavy atom. The standard InChI is InChI=1S/C9H18N2O2S/c1-5(2)3-6(4-14)8(12)7(10)9(11)13/h5-7,14H,3-4,10H2,1-2H3,(H2,11,13)/t6?,7-/m0/s1. The van der Waals surface area contributed by atoms with Gasteiger partial charge in [-0.1, -0.05) is 13.8 Å². The molecule has 4 N–H and O–H groups in total. The first-order valence-electron chi connectivity index (χ1n) is 4.59. The second-order valence-corrected chi connectivity index (χ2v) is 4.16. The molecule has 0 aliphatic heterocycles. The molecule has 2 atom stereocenters. The first-order chi connectivity index (χ1) is 6.40. The van der Waals surface area contributed by atoms with Crippen LogP contribution in [0.15, 0.2) is 0 Å². The van der Waals surface area contributed by atoms with Gasteiger partial charge in [0.25, 0.3) is 0 Å². The molecule has 0 spiro atoms. The van der Waals surface area contributed by atoms with Crippen molar-refractivity contribution in [2.24, 2.45) is 23.3 Å². The number of carbonyl (C=O) groups excluding carboxylic acids is 2. The Kier molecular flexibility index (Phi) is 5.79. The Bertz CT molecular complexity index is 219. The van der Waals surface area contributed by atoms with Gasteiger partial charge in [0.15, 0.2) is 5.78 Å². The van der Waals surface area contributed by atoms with Gasteiger partial charge in [-0.05, 0) is 12.3 Å². The summed E-state index contributed by atoms with van der Waals surface area (Å²) in [5.74, 6) is -0.582. The van der Waals surface area contributed by atoms with Gasteiger partial charge in [0.05, 0.1) is 0 Å². The van der Waals surface area contributed by atoms with Crippen LogP contribution in [-0.2, 0) is 9.59 Å². The van der Waals surface area contributed by atoms with Gasteiger partial charge < -0.3 is 11.5 Å². The third kappa shape index (κ3) is 4.11. The maximum Gasteiger partial charge on any atom is 0.242 e. The maximum atomic E-state index is 11.6. The van der Waals surface area contributed by atoms with Gasteiger partial charge in [-0.2, -0.15) is 12.6 Å². The number of nitrogens with two attached hydrogens (primary N) is 2. The molecule has 0 bridgehead atoms. The summed E-state index contributed by atoms with van der Waals surface area (Å²) in [4.78, 5) is 22.3. The highest BCUT2D eigenvalue weighted by Crippen LogP contribution is 2.15. The maximum absolute atomic E-state index is 11.6. The van der Waals surface area contributed by atoms with Crippen LogP contribution in [-0.4, -0.2) is 23.5 Å². The topological polar surface area (TPSA) is 86.2 Å². The highest BCUT2D eigenvalue weighted by Gasteiger charge is 2.27. The van der Waals surface area contributed by atoms with Crippen molar-refractivity contribution in [3.63, 3.8) is 0 Å². The molecule has 0 saturated carbocycles. The SMILES string of the molecule is CC(C)CC(CS)C(=O)[C@H](N)C(N)=O. The van der Waals surface area contributed by atoms with Crippen molar-refractivity contribution in [1.82, 2.24) is 0 Å². The highest BCUT2D eigenvalue weighted by atomic mass is 32.1. The van der Waals surface area contributed by atoms with Crippen molar-refractivity contribution in [2.75, 3.05) is 5.75 Å². The number of Topliss-reactive ketones (excluding diaryl/α,β-unsaturated/α-hetero) is 1. The predicted octanol–water partition coefficient (Wildman–Crippen LogP) is -0.0398. The van der Waals surface area contributed by atoms with Crippen molar-refractivity contribution >= 4 is 24.3 Å². The average molecular weight is 218 g/mol. The van der Waals surface area contributed by atoms with Crippen LogP contribution in [0.25, 0.3) is 0 Å². The van der Waals surface area contributed by atoms with Gasteiger partial charge in [-0.15, -0.1) is 0 Å². The molecule has 14 heavy (non-hydrogen) atoms. The molecule has 0 aromatic heterocycles. The van der Waals surface area contributed by atoms with Gasteiger partial charge in [0.1, 0.15) is 6.04 Å². The van der Waals surface area contributed by atoms with Gasteiger partial charge >= 0.3 is 0 Å². The summed E-state index contributed by atoms with van der Waals surface area (Å²) in [5.41, 5.74) is 10.3. The number of primary amides is 1. The van der Waals surface area contributed by atoms with E-state index in [4.69, 9.17) is 11.5 Å². The minimum Gasteiger partial charge on any atom is -0.368 e. The molecule has 0 aliphatic rings. The van der Waals surface area contributed by atoms with E-state index in [0.29, 0.717) is 18.1 Å². The van der Waals surface area contributed by atoms with Crippen LogP contribution >= 0.6 is 12.6 Å². The van der Waals surface area contributed by atoms with E-state index >= 15 is 0 Å². The second-order valence-electron chi connectivity index (χ2n) is 3.79. The fraction of sp³-hybridized carbons (Fsp3) is 0.778. The summed E-state index contributed by atoms with van der Waals surface area (Å²) in [5, 5.41) is 0. The van der Waals surface area contributed by atoms with E-state index in [1.165, 1.54) is 0 Å². The van der Waals surface area contributed by atoms with E-state index in [-0.39, 0.29) is 11.7 Å². The van der Waals surface area contributed by atoms with E-state index in [1.54, 1.807) is 0 Å². The first-order valence-corrected chi connectivity index (χ1v) is 5.22.